The van der Waals surface area contributed by atoms with Crippen LogP contribution in [0.5, 0.6) is 5.75 Å². The number of benzene rings is 1. The van der Waals surface area contributed by atoms with E-state index in [9.17, 15) is 27.6 Å². The molecule has 1 aliphatic heterocycles. The van der Waals surface area contributed by atoms with Crippen molar-refractivity contribution in [1.29, 1.82) is 0 Å². The third-order valence-corrected chi connectivity index (χ3v) is 7.25. The van der Waals surface area contributed by atoms with E-state index < -0.39 is 35.9 Å². The molecule has 0 amide bonds. The van der Waals surface area contributed by atoms with Gasteiger partial charge in [0.1, 0.15) is 11.9 Å². The van der Waals surface area contributed by atoms with Crippen molar-refractivity contribution in [3.8, 4) is 5.75 Å². The van der Waals surface area contributed by atoms with Gasteiger partial charge in [0.05, 0.1) is 19.3 Å². The Morgan fingerprint density at radius 3 is 2.60 bits per heavy atom. The molecule has 42 heavy (non-hydrogen) atoms. The topological polar surface area (TPSA) is 97.4 Å². The highest BCUT2D eigenvalue weighted by molar-refractivity contribution is 6.02. The number of carbonyl (C=O) groups excluding carboxylic acids is 3. The Hall–Kier alpha value is -3.18. The molecule has 1 heterocycles. The minimum Gasteiger partial charge on any atom is -0.493 e. The molecule has 232 valence electrons. The van der Waals surface area contributed by atoms with Crippen molar-refractivity contribution in [2.24, 2.45) is 11.8 Å². The standard InChI is InChI=1S/C31H39F3O8/c1-21(35)41-27-17-16-22(10-5-7-18-39-24-12-9-11-23(20-24)31(32,33)34)25(27)13-3-4-14-26(36)29(30(37)38-2)42-28-15-6-8-19-40-28/h3-5,9-12,20,22,25,27-29H,6-8,13-19H2,1-2H3/t22-,25+,27-,28?,29?/m0/s1. The lowest BCUT2D eigenvalue weighted by Gasteiger charge is -2.25. The molecule has 2 unspecified atom stereocenters. The predicted octanol–water partition coefficient (Wildman–Crippen LogP) is 5.98. The van der Waals surface area contributed by atoms with Crippen molar-refractivity contribution in [3.05, 3.63) is 54.1 Å². The van der Waals surface area contributed by atoms with Crippen LogP contribution in [-0.2, 0) is 39.5 Å². The molecule has 2 fully saturated rings. The molecule has 0 spiro atoms. The third-order valence-electron chi connectivity index (χ3n) is 7.25. The Morgan fingerprint density at radius 1 is 1.10 bits per heavy atom. The van der Waals surface area contributed by atoms with E-state index in [1.54, 1.807) is 6.08 Å². The number of ketones is 1. The zero-order valence-electron chi connectivity index (χ0n) is 24.0. The summed E-state index contributed by atoms with van der Waals surface area (Å²) in [6, 6.07) is 4.76. The van der Waals surface area contributed by atoms with Crippen LogP contribution in [0.15, 0.2) is 48.6 Å². The van der Waals surface area contributed by atoms with E-state index in [-0.39, 0.29) is 42.7 Å². The lowest BCUT2D eigenvalue weighted by molar-refractivity contribution is -0.202. The molecule has 0 bridgehead atoms. The third kappa shape index (κ3) is 10.6. The molecular formula is C31H39F3O8. The van der Waals surface area contributed by atoms with Gasteiger partial charge in [0.15, 0.2) is 12.1 Å². The summed E-state index contributed by atoms with van der Waals surface area (Å²) in [6.45, 7) is 2.08. The van der Waals surface area contributed by atoms with Gasteiger partial charge in [-0.1, -0.05) is 30.4 Å². The Kier molecular flexibility index (Phi) is 13.1. The molecule has 11 heteroatoms. The summed E-state index contributed by atoms with van der Waals surface area (Å²) in [6.07, 6.45) is 5.61. The minimum atomic E-state index is -4.43. The summed E-state index contributed by atoms with van der Waals surface area (Å²) < 4.78 is 65.6. The molecule has 3 rings (SSSR count). The number of rotatable bonds is 14. The highest BCUT2D eigenvalue weighted by Gasteiger charge is 2.36. The highest BCUT2D eigenvalue weighted by Crippen LogP contribution is 2.38. The Morgan fingerprint density at radius 2 is 1.90 bits per heavy atom. The van der Waals surface area contributed by atoms with Crippen molar-refractivity contribution in [1.82, 2.24) is 0 Å². The molecule has 1 aromatic carbocycles. The molecule has 0 radical (unpaired) electrons. The van der Waals surface area contributed by atoms with E-state index in [4.69, 9.17) is 23.7 Å². The summed E-state index contributed by atoms with van der Waals surface area (Å²) in [5.74, 6) is -1.35. The van der Waals surface area contributed by atoms with Crippen molar-refractivity contribution >= 4 is 17.7 Å². The fraction of sp³-hybridized carbons (Fsp3) is 0.581. The number of carbonyl (C=O) groups is 3. The molecule has 1 aliphatic carbocycles. The predicted molar refractivity (Wildman–Crippen MR) is 146 cm³/mol. The van der Waals surface area contributed by atoms with E-state index in [1.165, 1.54) is 26.2 Å². The van der Waals surface area contributed by atoms with Gasteiger partial charge in [-0.3, -0.25) is 9.59 Å². The molecule has 1 aromatic rings. The lowest BCUT2D eigenvalue weighted by atomic mass is 9.90. The number of hydrogen-bond donors (Lipinski definition) is 0. The fourth-order valence-electron chi connectivity index (χ4n) is 5.16. The summed E-state index contributed by atoms with van der Waals surface area (Å²) in [5.41, 5.74) is -0.762. The number of ether oxygens (including phenoxy) is 5. The van der Waals surface area contributed by atoms with E-state index in [2.05, 4.69) is 0 Å². The van der Waals surface area contributed by atoms with Gasteiger partial charge in [-0.15, -0.1) is 0 Å². The first kappa shape index (κ1) is 33.3. The summed E-state index contributed by atoms with van der Waals surface area (Å²) >= 11 is 0. The molecule has 5 atom stereocenters. The Balaban J connectivity index is 1.53. The average Bonchev–Trinajstić information content (AvgIpc) is 3.33. The zero-order chi connectivity index (χ0) is 30.5. The molecule has 2 aliphatic rings. The van der Waals surface area contributed by atoms with E-state index >= 15 is 0 Å². The number of allylic oxidation sites excluding steroid dienone is 3. The van der Waals surface area contributed by atoms with Gasteiger partial charge in [-0.05, 0) is 69.1 Å². The largest absolute Gasteiger partial charge is 0.493 e. The summed E-state index contributed by atoms with van der Waals surface area (Å²) in [4.78, 5) is 36.6. The van der Waals surface area contributed by atoms with Crippen molar-refractivity contribution in [2.45, 2.75) is 83.0 Å². The van der Waals surface area contributed by atoms with Crippen LogP contribution in [0, 0.1) is 11.8 Å². The summed E-state index contributed by atoms with van der Waals surface area (Å²) in [7, 11) is 1.20. The maximum atomic E-state index is 12.9. The lowest BCUT2D eigenvalue weighted by Crippen LogP contribution is -2.39. The van der Waals surface area contributed by atoms with Crippen LogP contribution in [-0.4, -0.2) is 56.5 Å². The molecule has 0 N–H and O–H groups in total. The van der Waals surface area contributed by atoms with Crippen molar-refractivity contribution in [2.75, 3.05) is 20.3 Å². The first-order chi connectivity index (χ1) is 20.1. The number of esters is 2. The second-order valence-corrected chi connectivity index (χ2v) is 10.4. The number of alkyl halides is 3. The smallest absolute Gasteiger partial charge is 0.416 e. The number of Topliss-reactive ketones (excluding diaryl/α,β-unsaturated/α-hetero) is 1. The van der Waals surface area contributed by atoms with Gasteiger partial charge in [0.25, 0.3) is 0 Å². The van der Waals surface area contributed by atoms with Crippen LogP contribution >= 0.6 is 0 Å². The highest BCUT2D eigenvalue weighted by atomic mass is 19.4. The second kappa shape index (κ2) is 16.5. The normalized spacial score (nSPS) is 23.6. The van der Waals surface area contributed by atoms with Crippen LogP contribution in [0.4, 0.5) is 13.2 Å². The van der Waals surface area contributed by atoms with Crippen molar-refractivity contribution in [3.63, 3.8) is 0 Å². The van der Waals surface area contributed by atoms with E-state index in [0.717, 1.165) is 31.4 Å². The van der Waals surface area contributed by atoms with Gasteiger partial charge in [0, 0.05) is 25.9 Å². The van der Waals surface area contributed by atoms with Gasteiger partial charge < -0.3 is 23.7 Å². The number of halogens is 3. The maximum absolute atomic E-state index is 12.9. The fourth-order valence-corrected chi connectivity index (χ4v) is 5.16. The molecule has 0 aromatic heterocycles. The Bertz CT molecular complexity index is 1090. The van der Waals surface area contributed by atoms with Gasteiger partial charge >= 0.3 is 18.1 Å². The van der Waals surface area contributed by atoms with Crippen LogP contribution < -0.4 is 4.74 Å². The monoisotopic (exact) mass is 596 g/mol. The Labute approximate surface area is 244 Å². The molecule has 1 saturated heterocycles. The van der Waals surface area contributed by atoms with Crippen LogP contribution in [0.2, 0.25) is 0 Å². The maximum Gasteiger partial charge on any atom is 0.416 e. The quantitative estimate of drug-likeness (QED) is 0.112. The first-order valence-electron chi connectivity index (χ1n) is 14.2. The van der Waals surface area contributed by atoms with Gasteiger partial charge in [-0.2, -0.15) is 13.2 Å². The van der Waals surface area contributed by atoms with E-state index in [1.807, 2.05) is 18.2 Å². The van der Waals surface area contributed by atoms with Crippen molar-refractivity contribution < 1.29 is 51.2 Å². The van der Waals surface area contributed by atoms with E-state index in [0.29, 0.717) is 32.3 Å². The van der Waals surface area contributed by atoms with Crippen LogP contribution in [0.25, 0.3) is 0 Å². The molecule has 1 saturated carbocycles. The number of methoxy groups -OCH3 is 1. The molecule has 8 nitrogen and oxygen atoms in total. The van der Waals surface area contributed by atoms with Gasteiger partial charge in [0.2, 0.25) is 6.10 Å². The van der Waals surface area contributed by atoms with Crippen LogP contribution in [0.3, 0.4) is 0 Å². The second-order valence-electron chi connectivity index (χ2n) is 10.4. The summed E-state index contributed by atoms with van der Waals surface area (Å²) in [5, 5.41) is 0. The average molecular weight is 597 g/mol. The number of hydrogen-bond acceptors (Lipinski definition) is 8. The van der Waals surface area contributed by atoms with Crippen LogP contribution in [0.1, 0.15) is 63.9 Å². The first-order valence-corrected chi connectivity index (χ1v) is 14.2. The zero-order valence-corrected chi connectivity index (χ0v) is 24.0. The SMILES string of the molecule is COC(=O)C(OC1CCCCO1)C(=O)CC=CC[C@H]1[C@@H](OC(C)=O)CC[C@@H]1C=CCCOc1cccc(C(F)(F)F)c1. The minimum absolute atomic E-state index is 0.0239. The van der Waals surface area contributed by atoms with Gasteiger partial charge in [-0.25, -0.2) is 4.79 Å². The molecular weight excluding hydrogens is 557 g/mol.